The largest absolute Gasteiger partial charge is 0.494 e. The third-order valence-corrected chi connectivity index (χ3v) is 4.01. The number of likely N-dealkylation sites (N-methyl/N-ethyl adjacent to an activating group) is 1. The highest BCUT2D eigenvalue weighted by atomic mass is 16.5. The van der Waals surface area contributed by atoms with E-state index in [1.54, 1.807) is 0 Å². The minimum Gasteiger partial charge on any atom is -0.494 e. The van der Waals surface area contributed by atoms with Crippen molar-refractivity contribution in [2.75, 3.05) is 27.2 Å². The van der Waals surface area contributed by atoms with E-state index in [9.17, 15) is 0 Å². The van der Waals surface area contributed by atoms with Crippen LogP contribution in [0.4, 0.5) is 0 Å². The van der Waals surface area contributed by atoms with Crippen molar-refractivity contribution in [1.82, 2.24) is 14.5 Å². The molecule has 132 valence electrons. The average molecular weight is 339 g/mol. The van der Waals surface area contributed by atoms with Gasteiger partial charge in [0.1, 0.15) is 23.9 Å². The summed E-state index contributed by atoms with van der Waals surface area (Å²) >= 11 is 0. The Morgan fingerprint density at radius 1 is 0.960 bits per heavy atom. The fraction of sp³-hybridized carbons (Fsp3) is 0.350. The predicted molar refractivity (Wildman–Crippen MR) is 100 cm³/mol. The Kier molecular flexibility index (Phi) is 5.56. The lowest BCUT2D eigenvalue weighted by atomic mass is 10.3. The lowest BCUT2D eigenvalue weighted by molar-refractivity contribution is 0.285. The molecule has 1 aromatic heterocycles. The molecule has 0 aliphatic carbocycles. The first-order chi connectivity index (χ1) is 12.2. The molecule has 5 nitrogen and oxygen atoms in total. The molecule has 0 radical (unpaired) electrons. The molecule has 0 aliphatic heterocycles. The number of para-hydroxylation sites is 2. The summed E-state index contributed by atoms with van der Waals surface area (Å²) in [5.74, 6) is 2.61. The van der Waals surface area contributed by atoms with Crippen molar-refractivity contribution in [3.05, 3.63) is 54.4 Å². The van der Waals surface area contributed by atoms with Crippen molar-refractivity contribution in [2.24, 2.45) is 0 Å². The van der Waals surface area contributed by atoms with Crippen LogP contribution >= 0.6 is 0 Å². The van der Waals surface area contributed by atoms with E-state index in [-0.39, 0.29) is 0 Å². The zero-order valence-electron chi connectivity index (χ0n) is 15.1. The number of imidazole rings is 1. The number of fused-ring (bicyclic) bond motifs is 1. The highest BCUT2D eigenvalue weighted by Crippen LogP contribution is 2.20. The van der Waals surface area contributed by atoms with Crippen LogP contribution in [0.3, 0.4) is 0 Å². The standard InChI is InChI=1S/C20H25N3O2/c1-4-24-16-9-11-17(12-10-16)25-15-20-21-18-7-5-6-8-19(18)23(20)14-13-22(2)3/h5-12H,4,13-15H2,1-3H3. The summed E-state index contributed by atoms with van der Waals surface area (Å²) in [6.45, 7) is 4.92. The fourth-order valence-electron chi connectivity index (χ4n) is 2.73. The van der Waals surface area contributed by atoms with E-state index in [4.69, 9.17) is 14.5 Å². The van der Waals surface area contributed by atoms with Crippen molar-refractivity contribution in [3.8, 4) is 11.5 Å². The Balaban J connectivity index is 1.76. The SMILES string of the molecule is CCOc1ccc(OCc2nc3ccccc3n2CCN(C)C)cc1. The number of hydrogen-bond acceptors (Lipinski definition) is 4. The van der Waals surface area contributed by atoms with E-state index in [0.29, 0.717) is 13.2 Å². The van der Waals surface area contributed by atoms with Crippen LogP contribution in [-0.2, 0) is 13.2 Å². The Morgan fingerprint density at radius 2 is 1.64 bits per heavy atom. The maximum atomic E-state index is 5.95. The van der Waals surface area contributed by atoms with Gasteiger partial charge < -0.3 is 18.9 Å². The van der Waals surface area contributed by atoms with Crippen molar-refractivity contribution in [1.29, 1.82) is 0 Å². The van der Waals surface area contributed by atoms with Gasteiger partial charge in [-0.3, -0.25) is 0 Å². The normalized spacial score (nSPS) is 11.2. The van der Waals surface area contributed by atoms with Crippen molar-refractivity contribution in [3.63, 3.8) is 0 Å². The molecule has 5 heteroatoms. The molecule has 3 aromatic rings. The van der Waals surface area contributed by atoms with E-state index < -0.39 is 0 Å². The highest BCUT2D eigenvalue weighted by molar-refractivity contribution is 5.75. The van der Waals surface area contributed by atoms with Crippen LogP contribution in [-0.4, -0.2) is 41.7 Å². The summed E-state index contributed by atoms with van der Waals surface area (Å²) in [5, 5.41) is 0. The van der Waals surface area contributed by atoms with E-state index in [2.05, 4.69) is 29.6 Å². The molecule has 2 aromatic carbocycles. The molecule has 0 amide bonds. The smallest absolute Gasteiger partial charge is 0.148 e. The zero-order chi connectivity index (χ0) is 17.6. The molecule has 0 spiro atoms. The highest BCUT2D eigenvalue weighted by Gasteiger charge is 2.11. The third-order valence-electron chi connectivity index (χ3n) is 4.01. The van der Waals surface area contributed by atoms with Crippen molar-refractivity contribution >= 4 is 11.0 Å². The Labute approximate surface area is 148 Å². The minimum atomic E-state index is 0.441. The number of rotatable bonds is 8. The van der Waals surface area contributed by atoms with Crippen LogP contribution in [0.15, 0.2) is 48.5 Å². The van der Waals surface area contributed by atoms with Gasteiger partial charge in [0, 0.05) is 13.1 Å². The number of nitrogens with zero attached hydrogens (tertiary/aromatic N) is 3. The molecular formula is C20H25N3O2. The summed E-state index contributed by atoms with van der Waals surface area (Å²) in [5.41, 5.74) is 2.15. The predicted octanol–water partition coefficient (Wildman–Crippen LogP) is 3.58. The summed E-state index contributed by atoms with van der Waals surface area (Å²) in [6.07, 6.45) is 0. The second-order valence-electron chi connectivity index (χ2n) is 6.16. The topological polar surface area (TPSA) is 39.5 Å². The molecule has 0 saturated heterocycles. The number of benzene rings is 2. The van der Waals surface area contributed by atoms with Crippen LogP contribution in [0.2, 0.25) is 0 Å². The fourth-order valence-corrected chi connectivity index (χ4v) is 2.73. The van der Waals surface area contributed by atoms with Gasteiger partial charge in [0.05, 0.1) is 17.6 Å². The third kappa shape index (κ3) is 4.31. The van der Waals surface area contributed by atoms with E-state index in [0.717, 1.165) is 41.4 Å². The molecular weight excluding hydrogens is 314 g/mol. The first-order valence-electron chi connectivity index (χ1n) is 8.62. The Morgan fingerprint density at radius 3 is 2.32 bits per heavy atom. The summed E-state index contributed by atoms with van der Waals surface area (Å²) < 4.78 is 13.7. The molecule has 1 heterocycles. The second kappa shape index (κ2) is 8.03. The van der Waals surface area contributed by atoms with E-state index >= 15 is 0 Å². The monoisotopic (exact) mass is 339 g/mol. The number of aromatic nitrogens is 2. The van der Waals surface area contributed by atoms with Crippen LogP contribution in [0, 0.1) is 0 Å². The van der Waals surface area contributed by atoms with Crippen LogP contribution < -0.4 is 9.47 Å². The van der Waals surface area contributed by atoms with Crippen molar-refractivity contribution in [2.45, 2.75) is 20.1 Å². The van der Waals surface area contributed by atoms with Gasteiger partial charge in [0.2, 0.25) is 0 Å². The zero-order valence-corrected chi connectivity index (χ0v) is 15.1. The van der Waals surface area contributed by atoms with Gasteiger partial charge in [-0.15, -0.1) is 0 Å². The van der Waals surface area contributed by atoms with Gasteiger partial charge in [-0.2, -0.15) is 0 Å². The first-order valence-corrected chi connectivity index (χ1v) is 8.62. The van der Waals surface area contributed by atoms with Crippen LogP contribution in [0.1, 0.15) is 12.7 Å². The summed E-state index contributed by atoms with van der Waals surface area (Å²) in [6, 6.07) is 15.9. The van der Waals surface area contributed by atoms with Crippen LogP contribution in [0.25, 0.3) is 11.0 Å². The average Bonchev–Trinajstić information content (AvgIpc) is 2.97. The van der Waals surface area contributed by atoms with Gasteiger partial charge in [-0.25, -0.2) is 4.98 Å². The maximum absolute atomic E-state index is 5.95. The molecule has 0 aliphatic rings. The van der Waals surface area contributed by atoms with E-state index in [1.165, 1.54) is 0 Å². The minimum absolute atomic E-state index is 0.441. The molecule has 0 fully saturated rings. The summed E-state index contributed by atoms with van der Waals surface area (Å²) in [4.78, 5) is 6.92. The first kappa shape index (κ1) is 17.3. The van der Waals surface area contributed by atoms with Gasteiger partial charge in [-0.05, 0) is 57.4 Å². The summed E-state index contributed by atoms with van der Waals surface area (Å²) in [7, 11) is 4.16. The Bertz CT molecular complexity index is 809. The van der Waals surface area contributed by atoms with Gasteiger partial charge in [-0.1, -0.05) is 12.1 Å². The molecule has 0 N–H and O–H groups in total. The van der Waals surface area contributed by atoms with Crippen LogP contribution in [0.5, 0.6) is 11.5 Å². The Hall–Kier alpha value is -2.53. The molecule has 0 bridgehead atoms. The van der Waals surface area contributed by atoms with Gasteiger partial charge in [0.25, 0.3) is 0 Å². The lowest BCUT2D eigenvalue weighted by Crippen LogP contribution is -2.20. The quantitative estimate of drug-likeness (QED) is 0.629. The number of ether oxygens (including phenoxy) is 2. The second-order valence-corrected chi connectivity index (χ2v) is 6.16. The molecule has 0 unspecified atom stereocenters. The van der Waals surface area contributed by atoms with Crippen molar-refractivity contribution < 1.29 is 9.47 Å². The molecule has 25 heavy (non-hydrogen) atoms. The molecule has 0 saturated carbocycles. The van der Waals surface area contributed by atoms with E-state index in [1.807, 2.05) is 49.4 Å². The maximum Gasteiger partial charge on any atom is 0.148 e. The van der Waals surface area contributed by atoms with Gasteiger partial charge in [0.15, 0.2) is 0 Å². The number of hydrogen-bond donors (Lipinski definition) is 0. The van der Waals surface area contributed by atoms with Gasteiger partial charge >= 0.3 is 0 Å². The lowest BCUT2D eigenvalue weighted by Gasteiger charge is -2.14. The molecule has 0 atom stereocenters. The molecule has 3 rings (SSSR count).